The first-order valence-corrected chi connectivity index (χ1v) is 5.38. The highest BCUT2D eigenvalue weighted by Crippen LogP contribution is 2.25. The summed E-state index contributed by atoms with van der Waals surface area (Å²) in [5, 5.41) is 0. The number of methoxy groups -OCH3 is 1. The van der Waals surface area contributed by atoms with E-state index < -0.39 is 11.8 Å². The zero-order chi connectivity index (χ0) is 11.4. The highest BCUT2D eigenvalue weighted by Gasteiger charge is 2.20. The predicted molar refractivity (Wildman–Crippen MR) is 61.6 cm³/mol. The summed E-state index contributed by atoms with van der Waals surface area (Å²) in [5.74, 6) is -1.12. The van der Waals surface area contributed by atoms with Gasteiger partial charge in [-0.2, -0.15) is 0 Å². The lowest BCUT2D eigenvalue weighted by molar-refractivity contribution is 0.0517. The number of benzene rings is 1. The average Bonchev–Trinajstić information content (AvgIpc) is 2.22. The molecule has 0 spiro atoms. The fourth-order valence-corrected chi connectivity index (χ4v) is 1.55. The number of carbonyl (C=O) groups is 1. The molecule has 0 bridgehead atoms. The average molecular weight is 324 g/mol. The lowest BCUT2D eigenvalue weighted by atomic mass is 10.2. The Morgan fingerprint density at radius 2 is 2.20 bits per heavy atom. The van der Waals surface area contributed by atoms with Crippen LogP contribution in [-0.2, 0) is 4.74 Å². The van der Waals surface area contributed by atoms with E-state index in [2.05, 4.69) is 0 Å². The fourth-order valence-electron chi connectivity index (χ4n) is 1.10. The van der Waals surface area contributed by atoms with Gasteiger partial charge in [-0.15, -0.1) is 0 Å². The van der Waals surface area contributed by atoms with Crippen LogP contribution >= 0.6 is 22.6 Å². The normalized spacial score (nSPS) is 9.87. The monoisotopic (exact) mass is 324 g/mol. The number of hydrogen-bond acceptors (Lipinski definition) is 3. The first-order chi connectivity index (χ1) is 7.11. The van der Waals surface area contributed by atoms with Crippen LogP contribution in [0.1, 0.15) is 17.3 Å². The van der Waals surface area contributed by atoms with Crippen molar-refractivity contribution in [3.05, 3.63) is 27.1 Å². The maximum atomic E-state index is 13.6. The third-order valence-electron chi connectivity index (χ3n) is 1.76. The largest absolute Gasteiger partial charge is 0.496 e. The molecule has 0 aliphatic carbocycles. The van der Waals surface area contributed by atoms with Gasteiger partial charge in [0.15, 0.2) is 5.82 Å². The van der Waals surface area contributed by atoms with E-state index >= 15 is 0 Å². The van der Waals surface area contributed by atoms with Gasteiger partial charge in [-0.25, -0.2) is 9.18 Å². The van der Waals surface area contributed by atoms with E-state index in [1.807, 2.05) is 0 Å². The van der Waals surface area contributed by atoms with Crippen molar-refractivity contribution in [1.82, 2.24) is 0 Å². The van der Waals surface area contributed by atoms with E-state index in [-0.39, 0.29) is 17.9 Å². The molecule has 0 atom stereocenters. The van der Waals surface area contributed by atoms with Crippen LogP contribution < -0.4 is 4.74 Å². The number of carbonyl (C=O) groups excluding carboxylic acids is 1. The molecule has 0 heterocycles. The molecule has 1 aromatic rings. The van der Waals surface area contributed by atoms with Gasteiger partial charge in [0.2, 0.25) is 0 Å². The minimum atomic E-state index is -0.703. The molecule has 5 heteroatoms. The maximum Gasteiger partial charge on any atom is 0.344 e. The van der Waals surface area contributed by atoms with Crippen molar-refractivity contribution in [2.24, 2.45) is 0 Å². The minimum Gasteiger partial charge on any atom is -0.496 e. The Hall–Kier alpha value is -0.850. The highest BCUT2D eigenvalue weighted by molar-refractivity contribution is 14.1. The van der Waals surface area contributed by atoms with Gasteiger partial charge in [0.25, 0.3) is 0 Å². The van der Waals surface area contributed by atoms with E-state index in [0.29, 0.717) is 3.57 Å². The molecule has 0 aliphatic rings. The molecule has 3 nitrogen and oxygen atoms in total. The van der Waals surface area contributed by atoms with Crippen molar-refractivity contribution in [2.45, 2.75) is 6.92 Å². The lowest BCUT2D eigenvalue weighted by Crippen LogP contribution is -2.10. The number of hydrogen-bond donors (Lipinski definition) is 0. The number of esters is 1. The maximum absolute atomic E-state index is 13.6. The third kappa shape index (κ3) is 2.58. The molecule has 0 N–H and O–H groups in total. The van der Waals surface area contributed by atoms with Crippen LogP contribution in [0.5, 0.6) is 5.75 Å². The quantitative estimate of drug-likeness (QED) is 0.633. The van der Waals surface area contributed by atoms with E-state index in [0.717, 1.165) is 0 Å². The van der Waals surface area contributed by atoms with Gasteiger partial charge in [-0.3, -0.25) is 0 Å². The number of ether oxygens (including phenoxy) is 2. The van der Waals surface area contributed by atoms with Crippen molar-refractivity contribution >= 4 is 28.6 Å². The standard InChI is InChI=1S/C10H10FIO3/c1-3-15-10(13)8-7(14-2)5-4-6(12)9(8)11/h4-5H,3H2,1-2H3. The summed E-state index contributed by atoms with van der Waals surface area (Å²) >= 11 is 1.81. The van der Waals surface area contributed by atoms with Crippen molar-refractivity contribution in [1.29, 1.82) is 0 Å². The predicted octanol–water partition coefficient (Wildman–Crippen LogP) is 2.62. The van der Waals surface area contributed by atoms with Crippen LogP contribution in [-0.4, -0.2) is 19.7 Å². The zero-order valence-corrected chi connectivity index (χ0v) is 10.5. The topological polar surface area (TPSA) is 35.5 Å². The molecule has 82 valence electrons. The minimum absolute atomic E-state index is 0.147. The number of halogens is 2. The summed E-state index contributed by atoms with van der Waals surface area (Å²) in [6.07, 6.45) is 0. The molecule has 0 saturated carbocycles. The first-order valence-electron chi connectivity index (χ1n) is 4.31. The Morgan fingerprint density at radius 3 is 2.73 bits per heavy atom. The Kier molecular flexibility index (Phi) is 4.31. The Labute approximate surface area is 101 Å². The molecule has 0 aromatic heterocycles. The van der Waals surface area contributed by atoms with Gasteiger partial charge in [-0.1, -0.05) is 0 Å². The SMILES string of the molecule is CCOC(=O)c1c(OC)ccc(I)c1F. The molecule has 0 amide bonds. The van der Waals surface area contributed by atoms with Crippen molar-refractivity contribution in [2.75, 3.05) is 13.7 Å². The molecular formula is C10H10FIO3. The number of rotatable bonds is 3. The van der Waals surface area contributed by atoms with Gasteiger partial charge in [0.05, 0.1) is 13.7 Å². The molecule has 0 saturated heterocycles. The second-order valence-corrected chi connectivity index (χ2v) is 3.82. The molecule has 0 unspecified atom stereocenters. The lowest BCUT2D eigenvalue weighted by Gasteiger charge is -2.09. The summed E-state index contributed by atoms with van der Waals surface area (Å²) < 4.78 is 23.6. The van der Waals surface area contributed by atoms with Crippen LogP contribution in [0.2, 0.25) is 0 Å². The molecule has 1 rings (SSSR count). The van der Waals surface area contributed by atoms with Crippen LogP contribution in [0.15, 0.2) is 12.1 Å². The van der Waals surface area contributed by atoms with E-state index in [1.54, 1.807) is 29.5 Å². The van der Waals surface area contributed by atoms with Crippen LogP contribution in [0.4, 0.5) is 4.39 Å². The van der Waals surface area contributed by atoms with Gasteiger partial charge >= 0.3 is 5.97 Å². The van der Waals surface area contributed by atoms with Crippen molar-refractivity contribution in [3.8, 4) is 5.75 Å². The molecule has 0 fully saturated rings. The summed E-state index contributed by atoms with van der Waals surface area (Å²) in [6.45, 7) is 1.86. The Balaban J connectivity index is 3.23. The van der Waals surface area contributed by atoms with Crippen molar-refractivity contribution in [3.63, 3.8) is 0 Å². The molecule has 15 heavy (non-hydrogen) atoms. The van der Waals surface area contributed by atoms with Gasteiger partial charge in [-0.05, 0) is 41.6 Å². The summed E-state index contributed by atoms with van der Waals surface area (Å²) in [7, 11) is 1.38. The molecule has 0 aliphatic heterocycles. The highest BCUT2D eigenvalue weighted by atomic mass is 127. The summed E-state index contributed by atoms with van der Waals surface area (Å²) in [6, 6.07) is 3.08. The second kappa shape index (κ2) is 5.29. The summed E-state index contributed by atoms with van der Waals surface area (Å²) in [4.78, 5) is 11.5. The van der Waals surface area contributed by atoms with Gasteiger partial charge in [0.1, 0.15) is 11.3 Å². The van der Waals surface area contributed by atoms with E-state index in [9.17, 15) is 9.18 Å². The Morgan fingerprint density at radius 1 is 1.53 bits per heavy atom. The zero-order valence-electron chi connectivity index (χ0n) is 8.34. The smallest absolute Gasteiger partial charge is 0.344 e. The Bertz CT molecular complexity index is 379. The molecular weight excluding hydrogens is 314 g/mol. The second-order valence-electron chi connectivity index (χ2n) is 2.66. The van der Waals surface area contributed by atoms with Gasteiger partial charge < -0.3 is 9.47 Å². The van der Waals surface area contributed by atoms with Crippen molar-refractivity contribution < 1.29 is 18.7 Å². The van der Waals surface area contributed by atoms with Crippen LogP contribution in [0, 0.1) is 9.39 Å². The van der Waals surface area contributed by atoms with Crippen LogP contribution in [0.25, 0.3) is 0 Å². The third-order valence-corrected chi connectivity index (χ3v) is 2.59. The van der Waals surface area contributed by atoms with Crippen LogP contribution in [0.3, 0.4) is 0 Å². The van der Waals surface area contributed by atoms with Gasteiger partial charge in [0, 0.05) is 3.57 Å². The van der Waals surface area contributed by atoms with E-state index in [1.165, 1.54) is 19.2 Å². The summed E-state index contributed by atoms with van der Waals surface area (Å²) in [5.41, 5.74) is -0.147. The molecule has 0 radical (unpaired) electrons. The van der Waals surface area contributed by atoms with E-state index in [4.69, 9.17) is 9.47 Å². The fraction of sp³-hybridized carbons (Fsp3) is 0.300. The first kappa shape index (κ1) is 12.2. The molecule has 1 aromatic carbocycles.